The number of hydrogen-bond acceptors (Lipinski definition) is 7. The standard InChI is InChI=1S/C27H33FN6O2/c1-27(2,36)24(28)15-32-26(35)19-14-31-25(33-18-6-8-21-23(12-18)30-10-9-29-21)13-22(19)34-20-7-4-16-3-5-17(20)11-16/h6,8-10,12-14,16-17,20,24,36H,3-5,7,11,15H2,1-2H3,(H,32,35)(H2,31,33,34). The van der Waals surface area contributed by atoms with Crippen molar-refractivity contribution in [2.45, 2.75) is 63.8 Å². The first kappa shape index (κ1) is 24.4. The van der Waals surface area contributed by atoms with Gasteiger partial charge in [0.15, 0.2) is 0 Å². The van der Waals surface area contributed by atoms with E-state index < -0.39 is 17.7 Å². The Morgan fingerprint density at radius 2 is 1.89 bits per heavy atom. The molecule has 1 amide bonds. The van der Waals surface area contributed by atoms with E-state index in [2.05, 4.69) is 30.9 Å². The molecule has 4 atom stereocenters. The van der Waals surface area contributed by atoms with Crippen LogP contribution >= 0.6 is 0 Å². The largest absolute Gasteiger partial charge is 0.387 e. The van der Waals surface area contributed by atoms with Crippen LogP contribution in [0.3, 0.4) is 0 Å². The minimum atomic E-state index is -1.59. The molecule has 2 aromatic heterocycles. The topological polar surface area (TPSA) is 112 Å². The second-order valence-electron chi connectivity index (χ2n) is 10.6. The van der Waals surface area contributed by atoms with Gasteiger partial charge in [-0.05, 0) is 69.6 Å². The highest BCUT2D eigenvalue weighted by Crippen LogP contribution is 2.43. The van der Waals surface area contributed by atoms with Crippen molar-refractivity contribution < 1.29 is 14.3 Å². The van der Waals surface area contributed by atoms with E-state index in [0.29, 0.717) is 23.0 Å². The van der Waals surface area contributed by atoms with E-state index in [1.165, 1.54) is 45.7 Å². The molecular weight excluding hydrogens is 459 g/mol. The quantitative estimate of drug-likeness (QED) is 0.364. The number of carbonyl (C=O) groups is 1. The Labute approximate surface area is 210 Å². The fraction of sp³-hybridized carbons (Fsp3) is 0.481. The van der Waals surface area contributed by atoms with Gasteiger partial charge in [-0.1, -0.05) is 6.42 Å². The first-order valence-corrected chi connectivity index (χ1v) is 12.7. The van der Waals surface area contributed by atoms with Crippen LogP contribution in [0.4, 0.5) is 21.6 Å². The number of carbonyl (C=O) groups excluding carboxylic acids is 1. The Balaban J connectivity index is 1.38. The van der Waals surface area contributed by atoms with E-state index in [0.717, 1.165) is 29.1 Å². The second-order valence-corrected chi connectivity index (χ2v) is 10.6. The van der Waals surface area contributed by atoms with Gasteiger partial charge in [0.1, 0.15) is 12.0 Å². The summed E-state index contributed by atoms with van der Waals surface area (Å²) in [4.78, 5) is 26.2. The summed E-state index contributed by atoms with van der Waals surface area (Å²) in [5, 5.41) is 19.4. The van der Waals surface area contributed by atoms with Crippen LogP contribution in [0.2, 0.25) is 0 Å². The molecule has 36 heavy (non-hydrogen) atoms. The first-order valence-electron chi connectivity index (χ1n) is 12.7. The summed E-state index contributed by atoms with van der Waals surface area (Å²) < 4.78 is 14.3. The molecule has 4 unspecified atom stereocenters. The molecule has 190 valence electrons. The highest BCUT2D eigenvalue weighted by atomic mass is 19.1. The van der Waals surface area contributed by atoms with E-state index >= 15 is 0 Å². The van der Waals surface area contributed by atoms with Crippen molar-refractivity contribution in [3.63, 3.8) is 0 Å². The zero-order valence-corrected chi connectivity index (χ0v) is 20.7. The minimum Gasteiger partial charge on any atom is -0.387 e. The van der Waals surface area contributed by atoms with Crippen molar-refractivity contribution in [2.75, 3.05) is 17.2 Å². The molecule has 2 bridgehead atoms. The highest BCUT2D eigenvalue weighted by Gasteiger charge is 2.36. The predicted octanol–water partition coefficient (Wildman–Crippen LogP) is 4.60. The third-order valence-electron chi connectivity index (χ3n) is 7.48. The third kappa shape index (κ3) is 5.41. The molecular formula is C27H33FN6O2. The normalized spacial score (nSPS) is 22.3. The molecule has 2 saturated carbocycles. The van der Waals surface area contributed by atoms with Crippen LogP contribution in [0, 0.1) is 11.8 Å². The minimum absolute atomic E-state index is 0.284. The van der Waals surface area contributed by atoms with Gasteiger partial charge in [0.2, 0.25) is 0 Å². The van der Waals surface area contributed by atoms with Crippen molar-refractivity contribution in [3.05, 3.63) is 48.4 Å². The van der Waals surface area contributed by atoms with E-state index in [4.69, 9.17) is 0 Å². The van der Waals surface area contributed by atoms with E-state index in [1.807, 2.05) is 24.3 Å². The smallest absolute Gasteiger partial charge is 0.255 e. The number of nitrogens with zero attached hydrogens (tertiary/aromatic N) is 3. The molecule has 8 nitrogen and oxygen atoms in total. The van der Waals surface area contributed by atoms with Gasteiger partial charge in [0, 0.05) is 36.4 Å². The van der Waals surface area contributed by atoms with Gasteiger partial charge in [-0.25, -0.2) is 9.37 Å². The summed E-state index contributed by atoms with van der Waals surface area (Å²) in [5.41, 5.74) is 1.86. The maximum absolute atomic E-state index is 14.3. The van der Waals surface area contributed by atoms with E-state index in [9.17, 15) is 14.3 Å². The fourth-order valence-corrected chi connectivity index (χ4v) is 5.32. The van der Waals surface area contributed by atoms with Gasteiger partial charge in [-0.15, -0.1) is 0 Å². The number of alkyl halides is 1. The van der Waals surface area contributed by atoms with Crippen LogP contribution in [-0.2, 0) is 0 Å². The van der Waals surface area contributed by atoms with Crippen LogP contribution in [0.25, 0.3) is 11.0 Å². The zero-order chi connectivity index (χ0) is 25.3. The maximum Gasteiger partial charge on any atom is 0.255 e. The molecule has 0 spiro atoms. The zero-order valence-electron chi connectivity index (χ0n) is 20.7. The van der Waals surface area contributed by atoms with Crippen LogP contribution in [0.15, 0.2) is 42.9 Å². The number of amides is 1. The van der Waals surface area contributed by atoms with Gasteiger partial charge in [0.05, 0.1) is 34.4 Å². The lowest BCUT2D eigenvalue weighted by atomic mass is 9.85. The number of aromatic nitrogens is 3. The summed E-state index contributed by atoms with van der Waals surface area (Å²) in [6.07, 6.45) is 9.19. The summed E-state index contributed by atoms with van der Waals surface area (Å²) in [6.45, 7) is 2.48. The third-order valence-corrected chi connectivity index (χ3v) is 7.48. The van der Waals surface area contributed by atoms with Crippen LogP contribution < -0.4 is 16.0 Å². The molecule has 3 aromatic rings. The van der Waals surface area contributed by atoms with Crippen LogP contribution in [0.5, 0.6) is 0 Å². The summed E-state index contributed by atoms with van der Waals surface area (Å²) in [7, 11) is 0. The molecule has 4 N–H and O–H groups in total. The van der Waals surface area contributed by atoms with Gasteiger partial charge in [-0.3, -0.25) is 14.8 Å². The number of nitrogens with one attached hydrogen (secondary N) is 3. The molecule has 1 aromatic carbocycles. The number of halogens is 1. The highest BCUT2D eigenvalue weighted by molar-refractivity contribution is 6.00. The Hall–Kier alpha value is -3.33. The molecule has 0 radical (unpaired) electrons. The first-order chi connectivity index (χ1) is 17.3. The number of pyridine rings is 1. The van der Waals surface area contributed by atoms with Gasteiger partial charge < -0.3 is 21.1 Å². The Kier molecular flexibility index (Phi) is 6.75. The lowest BCUT2D eigenvalue weighted by Gasteiger charge is -2.31. The van der Waals surface area contributed by atoms with E-state index in [-0.39, 0.29) is 12.6 Å². The van der Waals surface area contributed by atoms with Crippen LogP contribution in [0.1, 0.15) is 56.3 Å². The maximum atomic E-state index is 14.3. The Bertz CT molecular complexity index is 1250. The van der Waals surface area contributed by atoms with Crippen molar-refractivity contribution >= 4 is 34.1 Å². The Morgan fingerprint density at radius 3 is 2.69 bits per heavy atom. The molecule has 2 heterocycles. The molecule has 2 fully saturated rings. The number of fused-ring (bicyclic) bond motifs is 3. The predicted molar refractivity (Wildman–Crippen MR) is 138 cm³/mol. The molecule has 2 aliphatic rings. The number of rotatable bonds is 8. The number of anilines is 3. The average Bonchev–Trinajstić information content (AvgIpc) is 3.25. The molecule has 0 aliphatic heterocycles. The monoisotopic (exact) mass is 492 g/mol. The van der Waals surface area contributed by atoms with Gasteiger partial charge in [0.25, 0.3) is 5.91 Å². The summed E-state index contributed by atoms with van der Waals surface area (Å²) in [5.74, 6) is 1.57. The van der Waals surface area contributed by atoms with Crippen molar-refractivity contribution in [1.29, 1.82) is 0 Å². The van der Waals surface area contributed by atoms with Crippen molar-refractivity contribution in [3.8, 4) is 0 Å². The number of hydrogen-bond donors (Lipinski definition) is 4. The second kappa shape index (κ2) is 9.97. The number of benzene rings is 1. The summed E-state index contributed by atoms with van der Waals surface area (Å²) >= 11 is 0. The SMILES string of the molecule is CC(C)(O)C(F)CNC(=O)c1cnc(Nc2ccc3nccnc3c2)cc1NC1CCC2CCC1C2. The van der Waals surface area contributed by atoms with Crippen LogP contribution in [-0.4, -0.2) is 50.3 Å². The van der Waals surface area contributed by atoms with E-state index in [1.54, 1.807) is 12.4 Å². The lowest BCUT2D eigenvalue weighted by molar-refractivity contribution is -0.00177. The molecule has 0 saturated heterocycles. The lowest BCUT2D eigenvalue weighted by Crippen LogP contribution is -2.42. The Morgan fingerprint density at radius 1 is 1.11 bits per heavy atom. The molecule has 9 heteroatoms. The van der Waals surface area contributed by atoms with Crippen molar-refractivity contribution in [2.24, 2.45) is 11.8 Å². The molecule has 5 rings (SSSR count). The van der Waals surface area contributed by atoms with Crippen molar-refractivity contribution in [1.82, 2.24) is 20.3 Å². The fourth-order valence-electron chi connectivity index (χ4n) is 5.32. The summed E-state index contributed by atoms with van der Waals surface area (Å²) in [6, 6.07) is 7.81. The van der Waals surface area contributed by atoms with Gasteiger partial charge >= 0.3 is 0 Å². The number of aliphatic hydroxyl groups is 1. The van der Waals surface area contributed by atoms with Gasteiger partial charge in [-0.2, -0.15) is 0 Å². The average molecular weight is 493 g/mol. The molecule has 2 aliphatic carbocycles.